The van der Waals surface area contributed by atoms with Gasteiger partial charge >= 0.3 is 0 Å². The Morgan fingerprint density at radius 2 is 2.08 bits per heavy atom. The first-order valence-electron chi connectivity index (χ1n) is 3.88. The van der Waals surface area contributed by atoms with Crippen LogP contribution in [0.2, 0.25) is 0 Å². The number of halogens is 1. The normalized spacial score (nSPS) is 11.0. The zero-order valence-electron chi connectivity index (χ0n) is 7.80. The van der Waals surface area contributed by atoms with Crippen molar-refractivity contribution >= 4 is 15.9 Å². The molecule has 0 saturated carbocycles. The summed E-state index contributed by atoms with van der Waals surface area (Å²) >= 11 is 3.18. The minimum absolute atomic E-state index is 0.140. The molecule has 0 amide bonds. The summed E-state index contributed by atoms with van der Waals surface area (Å²) in [5.74, 6) is 0. The lowest BCUT2D eigenvalue weighted by Crippen LogP contribution is -2.16. The third kappa shape index (κ3) is 2.25. The molecule has 0 aliphatic rings. The maximum atomic E-state index is 8.83. The summed E-state index contributed by atoms with van der Waals surface area (Å²) in [6.45, 7) is 6.02. The zero-order valence-corrected chi connectivity index (χ0v) is 9.38. The standard InChI is InChI=1S/C9H10BrN3/c1-9(2,3)8-6(4-11)13-7(10)5-12-8/h5H,1-3H3. The van der Waals surface area contributed by atoms with Crippen LogP contribution < -0.4 is 0 Å². The van der Waals surface area contributed by atoms with Crippen LogP contribution in [0.25, 0.3) is 0 Å². The second kappa shape index (κ2) is 3.43. The van der Waals surface area contributed by atoms with E-state index in [1.165, 1.54) is 0 Å². The molecule has 0 spiro atoms. The van der Waals surface area contributed by atoms with Gasteiger partial charge in [0.25, 0.3) is 0 Å². The van der Waals surface area contributed by atoms with Gasteiger partial charge in [-0.05, 0) is 15.9 Å². The number of nitriles is 1. The van der Waals surface area contributed by atoms with E-state index in [1.54, 1.807) is 6.20 Å². The summed E-state index contributed by atoms with van der Waals surface area (Å²) in [6, 6.07) is 2.04. The molecule has 1 aromatic heterocycles. The molecule has 0 aliphatic heterocycles. The van der Waals surface area contributed by atoms with Crippen molar-refractivity contribution in [3.63, 3.8) is 0 Å². The van der Waals surface area contributed by atoms with Crippen molar-refractivity contribution in [3.05, 3.63) is 22.2 Å². The Morgan fingerprint density at radius 3 is 2.54 bits per heavy atom. The monoisotopic (exact) mass is 239 g/mol. The highest BCUT2D eigenvalue weighted by Gasteiger charge is 2.20. The van der Waals surface area contributed by atoms with Crippen LogP contribution in [0.1, 0.15) is 32.2 Å². The Morgan fingerprint density at radius 1 is 1.46 bits per heavy atom. The van der Waals surface area contributed by atoms with Gasteiger partial charge in [0.1, 0.15) is 10.7 Å². The van der Waals surface area contributed by atoms with Crippen LogP contribution in [-0.2, 0) is 5.41 Å². The van der Waals surface area contributed by atoms with Crippen molar-refractivity contribution in [1.29, 1.82) is 5.26 Å². The molecule has 0 aliphatic carbocycles. The summed E-state index contributed by atoms with van der Waals surface area (Å²) in [5, 5.41) is 8.83. The van der Waals surface area contributed by atoms with Crippen molar-refractivity contribution in [1.82, 2.24) is 9.97 Å². The minimum atomic E-state index is -0.140. The second-order valence-corrected chi connectivity index (χ2v) is 4.56. The van der Waals surface area contributed by atoms with E-state index < -0.39 is 0 Å². The molecule has 0 aromatic carbocycles. The number of nitrogens with zero attached hydrogens (tertiary/aromatic N) is 3. The molecule has 0 bridgehead atoms. The first kappa shape index (κ1) is 10.1. The lowest BCUT2D eigenvalue weighted by atomic mass is 9.90. The van der Waals surface area contributed by atoms with Gasteiger partial charge in [-0.1, -0.05) is 20.8 Å². The Bertz CT molecular complexity index is 360. The maximum absolute atomic E-state index is 8.83. The van der Waals surface area contributed by atoms with Crippen molar-refractivity contribution in [2.24, 2.45) is 0 Å². The van der Waals surface area contributed by atoms with Crippen LogP contribution >= 0.6 is 15.9 Å². The highest BCUT2D eigenvalue weighted by molar-refractivity contribution is 9.10. The van der Waals surface area contributed by atoms with Gasteiger partial charge in [0.2, 0.25) is 0 Å². The average Bonchev–Trinajstić information content (AvgIpc) is 2.01. The van der Waals surface area contributed by atoms with Crippen LogP contribution in [0.4, 0.5) is 0 Å². The maximum Gasteiger partial charge on any atom is 0.163 e. The zero-order chi connectivity index (χ0) is 10.1. The minimum Gasteiger partial charge on any atom is -0.255 e. The van der Waals surface area contributed by atoms with Gasteiger partial charge < -0.3 is 0 Å². The molecule has 1 rings (SSSR count). The second-order valence-electron chi connectivity index (χ2n) is 3.75. The van der Waals surface area contributed by atoms with E-state index >= 15 is 0 Å². The first-order chi connectivity index (χ1) is 5.95. The SMILES string of the molecule is CC(C)(C)c1ncc(Br)nc1C#N. The molecule has 4 heteroatoms. The average molecular weight is 240 g/mol. The molecule has 0 radical (unpaired) electrons. The Balaban J connectivity index is 3.32. The number of aromatic nitrogens is 2. The van der Waals surface area contributed by atoms with E-state index in [0.29, 0.717) is 10.3 Å². The van der Waals surface area contributed by atoms with Gasteiger partial charge in [0.15, 0.2) is 5.69 Å². The summed E-state index contributed by atoms with van der Waals surface area (Å²) < 4.78 is 0.594. The lowest BCUT2D eigenvalue weighted by molar-refractivity contribution is 0.562. The third-order valence-corrected chi connectivity index (χ3v) is 1.94. The van der Waals surface area contributed by atoms with E-state index in [2.05, 4.69) is 25.9 Å². The number of hydrogen-bond donors (Lipinski definition) is 0. The van der Waals surface area contributed by atoms with Gasteiger partial charge in [-0.3, -0.25) is 4.98 Å². The lowest BCUT2D eigenvalue weighted by Gasteiger charge is -2.17. The number of hydrogen-bond acceptors (Lipinski definition) is 3. The van der Waals surface area contributed by atoms with Crippen molar-refractivity contribution in [2.45, 2.75) is 26.2 Å². The van der Waals surface area contributed by atoms with Gasteiger partial charge in [0.05, 0.1) is 11.9 Å². The predicted octanol–water partition coefficient (Wildman–Crippen LogP) is 2.41. The van der Waals surface area contributed by atoms with Crippen molar-refractivity contribution < 1.29 is 0 Å². The Kier molecular flexibility index (Phi) is 2.67. The molecular weight excluding hydrogens is 230 g/mol. The van der Waals surface area contributed by atoms with Crippen LogP contribution in [0.3, 0.4) is 0 Å². The van der Waals surface area contributed by atoms with Crippen LogP contribution in [0.15, 0.2) is 10.8 Å². The van der Waals surface area contributed by atoms with E-state index in [1.807, 2.05) is 26.8 Å². The molecule has 0 N–H and O–H groups in total. The topological polar surface area (TPSA) is 49.6 Å². The van der Waals surface area contributed by atoms with Gasteiger partial charge in [-0.2, -0.15) is 5.26 Å². The highest BCUT2D eigenvalue weighted by Crippen LogP contribution is 2.22. The van der Waals surface area contributed by atoms with E-state index in [9.17, 15) is 0 Å². The molecule has 0 fully saturated rings. The fourth-order valence-corrected chi connectivity index (χ4v) is 1.27. The molecule has 13 heavy (non-hydrogen) atoms. The van der Waals surface area contributed by atoms with Crippen LogP contribution in [0.5, 0.6) is 0 Å². The van der Waals surface area contributed by atoms with Crippen LogP contribution in [0, 0.1) is 11.3 Å². The summed E-state index contributed by atoms with van der Waals surface area (Å²) in [5.41, 5.74) is 0.985. The van der Waals surface area contributed by atoms with Gasteiger partial charge in [0, 0.05) is 5.41 Å². The largest absolute Gasteiger partial charge is 0.255 e. The van der Waals surface area contributed by atoms with Gasteiger partial charge in [-0.25, -0.2) is 4.98 Å². The fraction of sp³-hybridized carbons (Fsp3) is 0.444. The van der Waals surface area contributed by atoms with Crippen LogP contribution in [-0.4, -0.2) is 9.97 Å². The van der Waals surface area contributed by atoms with Crippen molar-refractivity contribution in [2.75, 3.05) is 0 Å². The third-order valence-electron chi connectivity index (χ3n) is 1.56. The first-order valence-corrected chi connectivity index (χ1v) is 4.67. The highest BCUT2D eigenvalue weighted by atomic mass is 79.9. The van der Waals surface area contributed by atoms with E-state index in [0.717, 1.165) is 5.69 Å². The summed E-state index contributed by atoms with van der Waals surface area (Å²) in [6.07, 6.45) is 1.61. The van der Waals surface area contributed by atoms with E-state index in [4.69, 9.17) is 5.26 Å². The molecule has 0 saturated heterocycles. The summed E-state index contributed by atoms with van der Waals surface area (Å²) in [7, 11) is 0. The molecule has 0 atom stereocenters. The molecule has 1 aromatic rings. The molecule has 68 valence electrons. The number of rotatable bonds is 0. The van der Waals surface area contributed by atoms with Gasteiger partial charge in [-0.15, -0.1) is 0 Å². The van der Waals surface area contributed by atoms with E-state index in [-0.39, 0.29) is 5.41 Å². The molecule has 1 heterocycles. The molecule has 0 unspecified atom stereocenters. The fourth-order valence-electron chi connectivity index (χ4n) is 0.994. The van der Waals surface area contributed by atoms with Crippen molar-refractivity contribution in [3.8, 4) is 6.07 Å². The smallest absolute Gasteiger partial charge is 0.163 e. The molecule has 3 nitrogen and oxygen atoms in total. The Hall–Kier alpha value is -0.950. The molecular formula is C9H10BrN3. The quantitative estimate of drug-likeness (QED) is 0.699. The Labute approximate surface area is 86.0 Å². The predicted molar refractivity (Wildman–Crippen MR) is 53.1 cm³/mol. The summed E-state index contributed by atoms with van der Waals surface area (Å²) in [4.78, 5) is 8.24.